The predicted octanol–water partition coefficient (Wildman–Crippen LogP) is 2.27. The molecule has 2 rings (SSSR count). The standard InChI is InChI=1S/C12H11N2/c1-3-9-13-11(5-1)7-8-12-6-2-4-10-14-12/h1-7,9-10H,8H2/i7+2. The molecule has 0 aliphatic heterocycles. The molecule has 0 fully saturated rings. The van der Waals surface area contributed by atoms with Crippen LogP contribution in [-0.2, 0) is 6.42 Å². The zero-order valence-electron chi connectivity index (χ0n) is 7.80. The van der Waals surface area contributed by atoms with E-state index < -0.39 is 0 Å². The first-order chi connectivity index (χ1) is 6.95. The van der Waals surface area contributed by atoms with Crippen LogP contribution in [0.4, 0.5) is 0 Å². The maximum absolute atomic E-state index is 4.23. The molecule has 14 heavy (non-hydrogen) atoms. The monoisotopic (exact) mass is 185 g/mol. The van der Waals surface area contributed by atoms with E-state index in [1.54, 1.807) is 6.20 Å². The highest BCUT2D eigenvalue weighted by atomic mass is 15.0. The van der Waals surface area contributed by atoms with Gasteiger partial charge in [0.25, 0.3) is 0 Å². The number of hydrogen-bond acceptors (Lipinski definition) is 2. The number of nitrogens with zero attached hydrogens (tertiary/aromatic N) is 2. The summed E-state index contributed by atoms with van der Waals surface area (Å²) in [6.07, 6.45) is 6.51. The van der Waals surface area contributed by atoms with E-state index in [-0.39, 0.29) is 0 Å². The van der Waals surface area contributed by atoms with Gasteiger partial charge < -0.3 is 0 Å². The SMILES string of the molecule is c1ccc(C[14CH]c2ccccn2)nc1. The molecule has 0 aliphatic carbocycles. The van der Waals surface area contributed by atoms with Gasteiger partial charge in [-0.15, -0.1) is 0 Å². The number of rotatable bonds is 3. The van der Waals surface area contributed by atoms with Crippen LogP contribution in [-0.4, -0.2) is 9.97 Å². The topological polar surface area (TPSA) is 25.8 Å². The van der Waals surface area contributed by atoms with Crippen molar-refractivity contribution in [1.82, 2.24) is 9.97 Å². The van der Waals surface area contributed by atoms with Crippen molar-refractivity contribution in [2.24, 2.45) is 0 Å². The van der Waals surface area contributed by atoms with Crippen molar-refractivity contribution in [1.29, 1.82) is 0 Å². The van der Waals surface area contributed by atoms with Gasteiger partial charge in [-0.25, -0.2) is 0 Å². The summed E-state index contributed by atoms with van der Waals surface area (Å²) < 4.78 is 0. The van der Waals surface area contributed by atoms with Crippen LogP contribution in [0.1, 0.15) is 11.4 Å². The molecule has 0 saturated heterocycles. The Balaban J connectivity index is 1.96. The second kappa shape index (κ2) is 4.51. The van der Waals surface area contributed by atoms with Crippen LogP contribution in [0.15, 0.2) is 48.8 Å². The molecule has 2 aromatic heterocycles. The molecule has 2 nitrogen and oxygen atoms in total. The second-order valence-corrected chi connectivity index (χ2v) is 2.98. The lowest BCUT2D eigenvalue weighted by molar-refractivity contribution is 1.03. The summed E-state index contributed by atoms with van der Waals surface area (Å²) in [5, 5.41) is 0. The zero-order valence-corrected chi connectivity index (χ0v) is 7.80. The lowest BCUT2D eigenvalue weighted by Gasteiger charge is -1.98. The molecule has 0 amide bonds. The van der Waals surface area contributed by atoms with Gasteiger partial charge in [0.05, 0.1) is 0 Å². The molecule has 0 unspecified atom stereocenters. The number of pyridine rings is 2. The van der Waals surface area contributed by atoms with Crippen molar-refractivity contribution in [3.8, 4) is 0 Å². The van der Waals surface area contributed by atoms with Crippen molar-refractivity contribution in [2.75, 3.05) is 0 Å². The van der Waals surface area contributed by atoms with Crippen LogP contribution in [0, 0.1) is 6.42 Å². The normalized spacial score (nSPS) is 10.0. The Morgan fingerprint density at radius 2 is 1.71 bits per heavy atom. The predicted molar refractivity (Wildman–Crippen MR) is 55.6 cm³/mol. The van der Waals surface area contributed by atoms with E-state index >= 15 is 0 Å². The fourth-order valence-corrected chi connectivity index (χ4v) is 1.22. The van der Waals surface area contributed by atoms with Crippen molar-refractivity contribution in [2.45, 2.75) is 6.42 Å². The third-order valence-electron chi connectivity index (χ3n) is 1.93. The van der Waals surface area contributed by atoms with E-state index in [0.717, 1.165) is 17.8 Å². The lowest BCUT2D eigenvalue weighted by Crippen LogP contribution is -1.92. The van der Waals surface area contributed by atoms with Gasteiger partial charge in [-0.2, -0.15) is 0 Å². The largest absolute Gasteiger partial charge is 0.261 e. The van der Waals surface area contributed by atoms with Crippen molar-refractivity contribution < 1.29 is 0 Å². The molecular formula is C12H11N2. The first kappa shape index (κ1) is 8.88. The van der Waals surface area contributed by atoms with Crippen molar-refractivity contribution >= 4 is 0 Å². The maximum Gasteiger partial charge on any atom is 0.0445 e. The first-order valence-corrected chi connectivity index (χ1v) is 4.59. The third kappa shape index (κ3) is 2.39. The van der Waals surface area contributed by atoms with Gasteiger partial charge in [0.1, 0.15) is 0 Å². The quantitative estimate of drug-likeness (QED) is 0.733. The van der Waals surface area contributed by atoms with E-state index in [2.05, 4.69) is 16.4 Å². The van der Waals surface area contributed by atoms with Gasteiger partial charge in [0.15, 0.2) is 0 Å². The highest BCUT2D eigenvalue weighted by Crippen LogP contribution is 2.03. The molecule has 0 bridgehead atoms. The van der Waals surface area contributed by atoms with Crippen LogP contribution in [0.5, 0.6) is 0 Å². The Morgan fingerprint density at radius 1 is 0.929 bits per heavy atom. The third-order valence-corrected chi connectivity index (χ3v) is 1.93. The van der Waals surface area contributed by atoms with Crippen LogP contribution >= 0.6 is 0 Å². The van der Waals surface area contributed by atoms with E-state index in [1.807, 2.05) is 42.6 Å². The van der Waals surface area contributed by atoms with Crippen molar-refractivity contribution in [3.05, 3.63) is 66.6 Å². The van der Waals surface area contributed by atoms with Gasteiger partial charge in [0.2, 0.25) is 0 Å². The van der Waals surface area contributed by atoms with Crippen LogP contribution in [0.2, 0.25) is 0 Å². The fraction of sp³-hybridized carbons (Fsp3) is 0.0833. The summed E-state index contributed by atoms with van der Waals surface area (Å²) in [6.45, 7) is 0. The Labute approximate surface area is 83.7 Å². The van der Waals surface area contributed by atoms with Gasteiger partial charge >= 0.3 is 0 Å². The van der Waals surface area contributed by atoms with Crippen LogP contribution < -0.4 is 0 Å². The van der Waals surface area contributed by atoms with Gasteiger partial charge in [0, 0.05) is 30.2 Å². The second-order valence-electron chi connectivity index (χ2n) is 2.98. The maximum atomic E-state index is 4.23. The van der Waals surface area contributed by atoms with Crippen molar-refractivity contribution in [3.63, 3.8) is 0 Å². The molecule has 0 spiro atoms. The molecule has 0 aromatic carbocycles. The molecule has 0 saturated carbocycles. The first-order valence-electron chi connectivity index (χ1n) is 4.59. The number of aromatic nitrogens is 2. The fourth-order valence-electron chi connectivity index (χ4n) is 1.22. The summed E-state index contributed by atoms with van der Waals surface area (Å²) in [5.74, 6) is 0. The minimum Gasteiger partial charge on any atom is -0.261 e. The molecule has 2 aromatic rings. The van der Waals surface area contributed by atoms with Gasteiger partial charge in [-0.05, 0) is 30.7 Å². The molecular weight excluding hydrogens is 174 g/mol. The van der Waals surface area contributed by atoms with E-state index in [1.165, 1.54) is 0 Å². The molecule has 2 heteroatoms. The summed E-state index contributed by atoms with van der Waals surface area (Å²) in [4.78, 5) is 8.45. The van der Waals surface area contributed by atoms with Crippen LogP contribution in [0.25, 0.3) is 0 Å². The zero-order chi connectivity index (χ0) is 9.64. The highest BCUT2D eigenvalue weighted by Gasteiger charge is 1.96. The smallest absolute Gasteiger partial charge is 0.0445 e. The molecule has 0 aliphatic rings. The Hall–Kier alpha value is -1.70. The lowest BCUT2D eigenvalue weighted by atomic mass is 10.3. The highest BCUT2D eigenvalue weighted by molar-refractivity contribution is 5.17. The number of hydrogen-bond donors (Lipinski definition) is 0. The van der Waals surface area contributed by atoms with Gasteiger partial charge in [-0.1, -0.05) is 12.1 Å². The van der Waals surface area contributed by atoms with Gasteiger partial charge in [-0.3, -0.25) is 9.97 Å². The average molecular weight is 185 g/mol. The minimum absolute atomic E-state index is 0.831. The Morgan fingerprint density at radius 3 is 2.36 bits per heavy atom. The average Bonchev–Trinajstić information content (AvgIpc) is 2.29. The summed E-state index contributed by atoms with van der Waals surface area (Å²) in [7, 11) is 0. The van der Waals surface area contributed by atoms with E-state index in [4.69, 9.17) is 0 Å². The summed E-state index contributed by atoms with van der Waals surface area (Å²) in [6, 6.07) is 11.8. The molecule has 1 radical (unpaired) electrons. The van der Waals surface area contributed by atoms with E-state index in [0.29, 0.717) is 0 Å². The molecule has 69 valence electrons. The Bertz CT molecular complexity index is 331. The van der Waals surface area contributed by atoms with E-state index in [9.17, 15) is 0 Å². The van der Waals surface area contributed by atoms with Crippen LogP contribution in [0.3, 0.4) is 0 Å². The summed E-state index contributed by atoms with van der Waals surface area (Å²) in [5.41, 5.74) is 2.07. The summed E-state index contributed by atoms with van der Waals surface area (Å²) >= 11 is 0. The Kier molecular flexibility index (Phi) is 2.86. The molecule has 0 atom stereocenters. The molecule has 0 N–H and O–H groups in total. The molecule has 2 heterocycles. The minimum atomic E-state index is 0.831.